The molecule has 3 aliphatic heterocycles. The summed E-state index contributed by atoms with van der Waals surface area (Å²) in [6, 6.07) is 10.9. The Labute approximate surface area is 163 Å². The number of hydrogen-bond donors (Lipinski definition) is 1. The number of halogens is 2. The summed E-state index contributed by atoms with van der Waals surface area (Å²) in [6.07, 6.45) is 2.49. The van der Waals surface area contributed by atoms with Gasteiger partial charge in [0.05, 0.1) is 12.2 Å². The first-order valence-electron chi connectivity index (χ1n) is 9.65. The predicted octanol–water partition coefficient (Wildman–Crippen LogP) is 4.31. The number of rotatable bonds is 3. The zero-order valence-corrected chi connectivity index (χ0v) is 15.9. The number of nitrogens with zero attached hydrogens (tertiary/aromatic N) is 2. The molecule has 3 heterocycles. The first-order valence-corrected chi connectivity index (χ1v) is 10.0. The van der Waals surface area contributed by atoms with Crippen LogP contribution in [0.2, 0.25) is 5.02 Å². The second-order valence-electron chi connectivity index (χ2n) is 7.63. The molecule has 0 spiro atoms. The predicted molar refractivity (Wildman–Crippen MR) is 107 cm³/mol. The van der Waals surface area contributed by atoms with E-state index in [4.69, 9.17) is 16.3 Å². The molecular weight excluding hydrogens is 365 g/mol. The van der Waals surface area contributed by atoms with Crippen LogP contribution in [0.1, 0.15) is 24.3 Å². The second kappa shape index (κ2) is 6.88. The molecule has 0 aliphatic carbocycles. The maximum Gasteiger partial charge on any atom is 0.146 e. The molecule has 0 saturated carbocycles. The van der Waals surface area contributed by atoms with Gasteiger partial charge in [0.15, 0.2) is 0 Å². The lowest BCUT2D eigenvalue weighted by Gasteiger charge is -2.37. The van der Waals surface area contributed by atoms with Crippen molar-refractivity contribution in [1.29, 1.82) is 0 Å². The average molecular weight is 388 g/mol. The largest absolute Gasteiger partial charge is 0.489 e. The van der Waals surface area contributed by atoms with Crippen molar-refractivity contribution < 1.29 is 9.13 Å². The third-order valence-corrected chi connectivity index (χ3v) is 6.19. The average Bonchev–Trinajstić information content (AvgIpc) is 3.02. The maximum atomic E-state index is 13.1. The van der Waals surface area contributed by atoms with Crippen LogP contribution in [0.15, 0.2) is 36.4 Å². The molecule has 1 saturated heterocycles. The van der Waals surface area contributed by atoms with Crippen LogP contribution in [0.25, 0.3) is 0 Å². The Kier molecular flexibility index (Phi) is 4.37. The zero-order valence-electron chi connectivity index (χ0n) is 15.1. The van der Waals surface area contributed by atoms with E-state index in [1.54, 1.807) is 12.1 Å². The topological polar surface area (TPSA) is 27.7 Å². The molecule has 1 fully saturated rings. The van der Waals surface area contributed by atoms with Gasteiger partial charge in [0.2, 0.25) is 0 Å². The summed E-state index contributed by atoms with van der Waals surface area (Å²) in [7, 11) is 0. The van der Waals surface area contributed by atoms with Crippen LogP contribution in [0, 0.1) is 5.82 Å². The summed E-state index contributed by atoms with van der Waals surface area (Å²) in [6.45, 7) is 4.69. The van der Waals surface area contributed by atoms with Crippen LogP contribution in [0.4, 0.5) is 15.8 Å². The fourth-order valence-corrected chi connectivity index (χ4v) is 4.81. The summed E-state index contributed by atoms with van der Waals surface area (Å²) in [4.78, 5) is 4.94. The van der Waals surface area contributed by atoms with E-state index >= 15 is 0 Å². The first-order chi connectivity index (χ1) is 13.2. The Balaban J connectivity index is 1.24. The van der Waals surface area contributed by atoms with Crippen molar-refractivity contribution in [3.05, 3.63) is 52.8 Å². The SMILES string of the molecule is Fc1ccc(C2CCN(CC3Nc4cc(Cl)cc5c4N3CCO5)CC2)cc1. The van der Waals surface area contributed by atoms with Crippen LogP contribution in [-0.4, -0.2) is 43.9 Å². The van der Waals surface area contributed by atoms with Gasteiger partial charge in [-0.2, -0.15) is 0 Å². The molecule has 1 unspecified atom stereocenters. The van der Waals surface area contributed by atoms with E-state index in [2.05, 4.69) is 15.1 Å². The van der Waals surface area contributed by atoms with Crippen LogP contribution < -0.4 is 15.0 Å². The zero-order chi connectivity index (χ0) is 18.4. The molecule has 6 heteroatoms. The van der Waals surface area contributed by atoms with Crippen molar-refractivity contribution >= 4 is 23.0 Å². The van der Waals surface area contributed by atoms with Gasteiger partial charge in [0.25, 0.3) is 0 Å². The lowest BCUT2D eigenvalue weighted by molar-refractivity contribution is 0.201. The summed E-state index contributed by atoms with van der Waals surface area (Å²) < 4.78 is 18.9. The highest BCUT2D eigenvalue weighted by Crippen LogP contribution is 2.46. The molecule has 0 bridgehead atoms. The summed E-state index contributed by atoms with van der Waals surface area (Å²) in [5.41, 5.74) is 3.48. The molecule has 0 aromatic heterocycles. The summed E-state index contributed by atoms with van der Waals surface area (Å²) in [5.74, 6) is 1.26. The minimum absolute atomic E-state index is 0.159. The van der Waals surface area contributed by atoms with Crippen molar-refractivity contribution in [2.45, 2.75) is 24.9 Å². The van der Waals surface area contributed by atoms with E-state index in [-0.39, 0.29) is 12.0 Å². The number of anilines is 2. The van der Waals surface area contributed by atoms with Crippen molar-refractivity contribution in [3.63, 3.8) is 0 Å². The number of piperidine rings is 1. The Hall–Kier alpha value is -1.98. The van der Waals surface area contributed by atoms with Gasteiger partial charge in [-0.25, -0.2) is 4.39 Å². The Morgan fingerprint density at radius 1 is 1.11 bits per heavy atom. The van der Waals surface area contributed by atoms with Gasteiger partial charge >= 0.3 is 0 Å². The second-order valence-corrected chi connectivity index (χ2v) is 8.06. The van der Waals surface area contributed by atoms with Crippen LogP contribution >= 0.6 is 11.6 Å². The van der Waals surface area contributed by atoms with Crippen LogP contribution in [0.5, 0.6) is 5.75 Å². The van der Waals surface area contributed by atoms with Gasteiger partial charge in [-0.1, -0.05) is 23.7 Å². The fraction of sp³-hybridized carbons (Fsp3) is 0.429. The van der Waals surface area contributed by atoms with Crippen molar-refractivity contribution in [1.82, 2.24) is 4.90 Å². The molecule has 1 atom stereocenters. The van der Waals surface area contributed by atoms with E-state index in [1.165, 1.54) is 5.56 Å². The Morgan fingerprint density at radius 2 is 1.89 bits per heavy atom. The summed E-state index contributed by atoms with van der Waals surface area (Å²) in [5, 5.41) is 4.34. The third-order valence-electron chi connectivity index (χ3n) is 5.98. The van der Waals surface area contributed by atoms with Gasteiger partial charge < -0.3 is 15.0 Å². The number of nitrogens with one attached hydrogen (secondary N) is 1. The number of benzene rings is 2. The normalized spacial score (nSPS) is 22.3. The lowest BCUT2D eigenvalue weighted by atomic mass is 9.89. The monoisotopic (exact) mass is 387 g/mol. The quantitative estimate of drug-likeness (QED) is 0.849. The highest BCUT2D eigenvalue weighted by molar-refractivity contribution is 6.31. The minimum atomic E-state index is -0.159. The molecule has 4 nitrogen and oxygen atoms in total. The fourth-order valence-electron chi connectivity index (χ4n) is 4.60. The molecule has 5 rings (SSSR count). The third kappa shape index (κ3) is 3.23. The molecule has 2 aromatic carbocycles. The molecule has 0 radical (unpaired) electrons. The van der Waals surface area contributed by atoms with E-state index in [0.29, 0.717) is 17.5 Å². The molecule has 3 aliphatic rings. The van der Waals surface area contributed by atoms with Gasteiger partial charge in [0, 0.05) is 17.6 Å². The van der Waals surface area contributed by atoms with Crippen LogP contribution in [-0.2, 0) is 0 Å². The smallest absolute Gasteiger partial charge is 0.146 e. The van der Waals surface area contributed by atoms with Crippen LogP contribution in [0.3, 0.4) is 0 Å². The van der Waals surface area contributed by atoms with Gasteiger partial charge in [-0.3, -0.25) is 4.90 Å². The minimum Gasteiger partial charge on any atom is -0.489 e. The number of ether oxygens (including phenoxy) is 1. The van der Waals surface area contributed by atoms with E-state index in [0.717, 1.165) is 56.1 Å². The van der Waals surface area contributed by atoms with Crippen molar-refractivity contribution in [3.8, 4) is 5.75 Å². The van der Waals surface area contributed by atoms with E-state index in [9.17, 15) is 4.39 Å². The standard InChI is InChI=1S/C21H23ClFN3O/c22-16-11-18-21-19(12-16)27-10-9-26(21)20(24-18)13-25-7-5-15(6-8-25)14-1-3-17(23)4-2-14/h1-4,11-12,15,20,24H,5-10,13H2. The Morgan fingerprint density at radius 3 is 2.67 bits per heavy atom. The maximum absolute atomic E-state index is 13.1. The molecule has 27 heavy (non-hydrogen) atoms. The Bertz CT molecular complexity index is 836. The lowest BCUT2D eigenvalue weighted by Crippen LogP contribution is -2.49. The summed E-state index contributed by atoms with van der Waals surface area (Å²) >= 11 is 6.23. The number of hydrogen-bond acceptors (Lipinski definition) is 4. The first kappa shape index (κ1) is 17.1. The van der Waals surface area contributed by atoms with Gasteiger partial charge in [-0.15, -0.1) is 0 Å². The molecule has 142 valence electrons. The van der Waals surface area contributed by atoms with Gasteiger partial charge in [-0.05, 0) is 55.6 Å². The molecule has 1 N–H and O–H groups in total. The van der Waals surface area contributed by atoms with E-state index < -0.39 is 0 Å². The van der Waals surface area contributed by atoms with Gasteiger partial charge in [0.1, 0.15) is 30.0 Å². The highest BCUT2D eigenvalue weighted by atomic mass is 35.5. The van der Waals surface area contributed by atoms with Crippen molar-refractivity contribution in [2.75, 3.05) is 43.0 Å². The molecule has 2 aromatic rings. The number of likely N-dealkylation sites (tertiary alicyclic amines) is 1. The highest BCUT2D eigenvalue weighted by Gasteiger charge is 2.36. The van der Waals surface area contributed by atoms with E-state index in [1.807, 2.05) is 24.3 Å². The van der Waals surface area contributed by atoms with Crippen molar-refractivity contribution in [2.24, 2.45) is 0 Å². The molecule has 0 amide bonds. The molecular formula is C21H23ClFN3O.